The average Bonchev–Trinajstić information content (AvgIpc) is 2.72. The van der Waals surface area contributed by atoms with Gasteiger partial charge in [-0.1, -0.05) is 12.8 Å². The molecule has 1 aliphatic carbocycles. The minimum atomic E-state index is -0.763. The van der Waals surface area contributed by atoms with Gasteiger partial charge >= 0.3 is 5.97 Å². The van der Waals surface area contributed by atoms with E-state index in [0.29, 0.717) is 5.69 Å². The number of carbonyl (C=O) groups is 1. The van der Waals surface area contributed by atoms with Gasteiger partial charge in [0.15, 0.2) is 0 Å². The Morgan fingerprint density at radius 1 is 1.47 bits per heavy atom. The van der Waals surface area contributed by atoms with E-state index in [1.165, 1.54) is 6.33 Å². The summed E-state index contributed by atoms with van der Waals surface area (Å²) in [5.41, 5.74) is 0.643. The lowest BCUT2D eigenvalue weighted by Crippen LogP contribution is -2.20. The van der Waals surface area contributed by atoms with Crippen molar-refractivity contribution in [3.8, 4) is 0 Å². The Bertz CT molecular complexity index is 334. The Kier molecular flexibility index (Phi) is 2.94. The van der Waals surface area contributed by atoms with Gasteiger partial charge in [-0.3, -0.25) is 4.79 Å². The molecule has 0 radical (unpaired) electrons. The molecule has 1 heterocycles. The Balaban J connectivity index is 2.23. The lowest BCUT2D eigenvalue weighted by atomic mass is 9.88. The highest BCUT2D eigenvalue weighted by molar-refractivity contribution is 5.75. The summed E-state index contributed by atoms with van der Waals surface area (Å²) < 4.78 is 0. The molecule has 1 aromatic heterocycles. The van der Waals surface area contributed by atoms with Gasteiger partial charge in [-0.25, -0.2) is 9.97 Å². The van der Waals surface area contributed by atoms with Crippen molar-refractivity contribution in [1.82, 2.24) is 9.97 Å². The molecule has 4 nitrogen and oxygen atoms in total. The fourth-order valence-corrected chi connectivity index (χ4v) is 2.35. The van der Waals surface area contributed by atoms with E-state index >= 15 is 0 Å². The number of aliphatic carboxylic acids is 1. The van der Waals surface area contributed by atoms with Crippen molar-refractivity contribution in [2.24, 2.45) is 5.92 Å². The summed E-state index contributed by atoms with van der Waals surface area (Å²) in [7, 11) is 0. The summed E-state index contributed by atoms with van der Waals surface area (Å²) in [4.78, 5) is 19.1. The monoisotopic (exact) mass is 206 g/mol. The molecule has 1 fully saturated rings. The van der Waals surface area contributed by atoms with Crippen molar-refractivity contribution < 1.29 is 9.90 Å². The van der Waals surface area contributed by atoms with Gasteiger partial charge in [-0.15, -0.1) is 0 Å². The molecule has 2 rings (SSSR count). The second-order valence-corrected chi connectivity index (χ2v) is 3.99. The van der Waals surface area contributed by atoms with Gasteiger partial charge in [0, 0.05) is 6.20 Å². The van der Waals surface area contributed by atoms with Crippen LogP contribution in [0.15, 0.2) is 18.6 Å². The zero-order valence-electron chi connectivity index (χ0n) is 8.47. The van der Waals surface area contributed by atoms with Crippen LogP contribution in [0.5, 0.6) is 0 Å². The Labute approximate surface area is 88.4 Å². The van der Waals surface area contributed by atoms with Gasteiger partial charge in [-0.05, 0) is 24.8 Å². The topological polar surface area (TPSA) is 63.1 Å². The third-order valence-electron chi connectivity index (χ3n) is 3.06. The maximum atomic E-state index is 11.2. The molecule has 1 atom stereocenters. The maximum absolute atomic E-state index is 11.2. The summed E-state index contributed by atoms with van der Waals surface area (Å²) in [5, 5.41) is 9.23. The first-order valence-corrected chi connectivity index (χ1v) is 5.28. The average molecular weight is 206 g/mol. The Morgan fingerprint density at radius 2 is 2.20 bits per heavy atom. The van der Waals surface area contributed by atoms with E-state index in [9.17, 15) is 9.90 Å². The van der Waals surface area contributed by atoms with Gasteiger partial charge in [0.1, 0.15) is 12.2 Å². The first kappa shape index (κ1) is 10.1. The Hall–Kier alpha value is -1.45. The van der Waals surface area contributed by atoms with Crippen molar-refractivity contribution >= 4 is 5.97 Å². The molecule has 1 aliphatic rings. The number of carboxylic acid groups (broad SMARTS) is 1. The number of aromatic nitrogens is 2. The fraction of sp³-hybridized carbons (Fsp3) is 0.545. The fourth-order valence-electron chi connectivity index (χ4n) is 2.35. The van der Waals surface area contributed by atoms with Gasteiger partial charge in [0.2, 0.25) is 0 Å². The first-order chi connectivity index (χ1) is 7.29. The van der Waals surface area contributed by atoms with E-state index in [1.807, 2.05) is 0 Å². The zero-order chi connectivity index (χ0) is 10.7. The number of nitrogens with zero attached hydrogens (tertiary/aromatic N) is 2. The lowest BCUT2D eigenvalue weighted by Gasteiger charge is -2.17. The number of hydrogen-bond donors (Lipinski definition) is 1. The van der Waals surface area contributed by atoms with Crippen LogP contribution in [-0.4, -0.2) is 21.0 Å². The predicted octanol–water partition coefficient (Wildman–Crippen LogP) is 1.83. The van der Waals surface area contributed by atoms with Gasteiger partial charge in [-0.2, -0.15) is 0 Å². The predicted molar refractivity (Wildman–Crippen MR) is 54.4 cm³/mol. The third kappa shape index (κ3) is 2.14. The summed E-state index contributed by atoms with van der Waals surface area (Å²) in [6.45, 7) is 0. The van der Waals surface area contributed by atoms with E-state index in [0.717, 1.165) is 25.7 Å². The highest BCUT2D eigenvalue weighted by atomic mass is 16.4. The minimum absolute atomic E-state index is 0.248. The van der Waals surface area contributed by atoms with Crippen LogP contribution in [0, 0.1) is 5.92 Å². The van der Waals surface area contributed by atoms with E-state index < -0.39 is 11.9 Å². The lowest BCUT2D eigenvalue weighted by molar-refractivity contribution is -0.140. The van der Waals surface area contributed by atoms with E-state index in [1.54, 1.807) is 12.3 Å². The SMILES string of the molecule is O=C(O)C(c1ccncn1)C1CCCC1. The molecule has 0 bridgehead atoms. The summed E-state index contributed by atoms with van der Waals surface area (Å²) in [6.07, 6.45) is 7.30. The van der Waals surface area contributed by atoms with Crippen molar-refractivity contribution in [2.45, 2.75) is 31.6 Å². The summed E-state index contributed by atoms with van der Waals surface area (Å²) in [5.74, 6) is -0.964. The highest BCUT2D eigenvalue weighted by Gasteiger charge is 2.32. The molecule has 1 aromatic rings. The largest absolute Gasteiger partial charge is 0.481 e. The van der Waals surface area contributed by atoms with E-state index in [4.69, 9.17) is 0 Å². The first-order valence-electron chi connectivity index (χ1n) is 5.28. The summed E-state index contributed by atoms with van der Waals surface area (Å²) in [6, 6.07) is 1.71. The molecule has 4 heteroatoms. The normalized spacial score (nSPS) is 18.9. The third-order valence-corrected chi connectivity index (χ3v) is 3.06. The molecule has 1 unspecified atom stereocenters. The van der Waals surface area contributed by atoms with Crippen LogP contribution in [0.3, 0.4) is 0 Å². The Morgan fingerprint density at radius 3 is 2.73 bits per heavy atom. The van der Waals surface area contributed by atoms with Crippen molar-refractivity contribution in [3.05, 3.63) is 24.3 Å². The molecule has 1 N–H and O–H groups in total. The van der Waals surface area contributed by atoms with Gasteiger partial charge < -0.3 is 5.11 Å². The number of rotatable bonds is 3. The van der Waals surface area contributed by atoms with Crippen LogP contribution < -0.4 is 0 Å². The summed E-state index contributed by atoms with van der Waals surface area (Å²) >= 11 is 0. The second-order valence-electron chi connectivity index (χ2n) is 3.99. The van der Waals surface area contributed by atoms with Gasteiger partial charge in [0.05, 0.1) is 5.69 Å². The standard InChI is InChI=1S/C11H14N2O2/c14-11(15)10(8-3-1-2-4-8)9-5-6-12-7-13-9/h5-8,10H,1-4H2,(H,14,15). The van der Waals surface area contributed by atoms with Crippen LogP contribution >= 0.6 is 0 Å². The molecule has 1 saturated carbocycles. The van der Waals surface area contributed by atoms with Crippen LogP contribution in [0.2, 0.25) is 0 Å². The van der Waals surface area contributed by atoms with Crippen LogP contribution in [0.25, 0.3) is 0 Å². The quantitative estimate of drug-likeness (QED) is 0.819. The van der Waals surface area contributed by atoms with Crippen molar-refractivity contribution in [3.63, 3.8) is 0 Å². The van der Waals surface area contributed by atoms with Crippen LogP contribution in [0.4, 0.5) is 0 Å². The molecular formula is C11H14N2O2. The molecule has 0 spiro atoms. The van der Waals surface area contributed by atoms with Crippen molar-refractivity contribution in [1.29, 1.82) is 0 Å². The molecule has 0 aromatic carbocycles. The molecular weight excluding hydrogens is 192 g/mol. The highest BCUT2D eigenvalue weighted by Crippen LogP contribution is 2.36. The van der Waals surface area contributed by atoms with E-state index in [-0.39, 0.29) is 5.92 Å². The minimum Gasteiger partial charge on any atom is -0.481 e. The molecule has 0 aliphatic heterocycles. The molecule has 0 saturated heterocycles. The van der Waals surface area contributed by atoms with Gasteiger partial charge in [0.25, 0.3) is 0 Å². The molecule has 0 amide bonds. The maximum Gasteiger partial charge on any atom is 0.312 e. The zero-order valence-corrected chi connectivity index (χ0v) is 8.47. The molecule has 80 valence electrons. The number of hydrogen-bond acceptors (Lipinski definition) is 3. The smallest absolute Gasteiger partial charge is 0.312 e. The van der Waals surface area contributed by atoms with Crippen molar-refractivity contribution in [2.75, 3.05) is 0 Å². The van der Waals surface area contributed by atoms with Crippen LogP contribution in [-0.2, 0) is 4.79 Å². The molecule has 15 heavy (non-hydrogen) atoms. The van der Waals surface area contributed by atoms with Crippen LogP contribution in [0.1, 0.15) is 37.3 Å². The number of carboxylic acids is 1. The second kappa shape index (κ2) is 4.38. The van der Waals surface area contributed by atoms with E-state index in [2.05, 4.69) is 9.97 Å².